The van der Waals surface area contributed by atoms with Gasteiger partial charge in [0.15, 0.2) is 0 Å². The lowest BCUT2D eigenvalue weighted by atomic mass is 10.2. The van der Waals surface area contributed by atoms with Crippen molar-refractivity contribution in [1.82, 2.24) is 0 Å². The van der Waals surface area contributed by atoms with Crippen LogP contribution in [0.5, 0.6) is 0 Å². The molecule has 3 nitrogen and oxygen atoms in total. The number of carboxylic acid groups (broad SMARTS) is 1. The van der Waals surface area contributed by atoms with Gasteiger partial charge in [-0.2, -0.15) is 0 Å². The van der Waals surface area contributed by atoms with Crippen LogP contribution in [0.15, 0.2) is 12.1 Å². The number of anilines is 1. The van der Waals surface area contributed by atoms with Crippen molar-refractivity contribution in [2.24, 2.45) is 0 Å². The average Bonchev–Trinajstić information content (AvgIpc) is 1.99. The fourth-order valence-corrected chi connectivity index (χ4v) is 1.69. The van der Waals surface area contributed by atoms with Crippen LogP contribution in [0, 0.1) is 7.14 Å². The maximum absolute atomic E-state index is 10.6. The van der Waals surface area contributed by atoms with Gasteiger partial charge in [0.2, 0.25) is 0 Å². The van der Waals surface area contributed by atoms with Crippen LogP contribution in [0.2, 0.25) is 0 Å². The van der Waals surface area contributed by atoms with E-state index in [1.165, 1.54) is 6.07 Å². The van der Waals surface area contributed by atoms with Gasteiger partial charge in [-0.05, 0) is 57.3 Å². The standard InChI is InChI=1S/C7H5I2NO2/c8-4-1-3(7(11)12)2-5(10)6(4)9/h1-2H,10H2,(H,11,12). The minimum Gasteiger partial charge on any atom is -0.478 e. The molecule has 1 aromatic carbocycles. The number of nitrogen functional groups attached to an aromatic ring is 1. The van der Waals surface area contributed by atoms with Crippen molar-refractivity contribution in [2.45, 2.75) is 0 Å². The van der Waals surface area contributed by atoms with Crippen molar-refractivity contribution in [2.75, 3.05) is 5.73 Å². The lowest BCUT2D eigenvalue weighted by Gasteiger charge is -2.02. The smallest absolute Gasteiger partial charge is 0.335 e. The number of carbonyl (C=O) groups is 1. The lowest BCUT2D eigenvalue weighted by Crippen LogP contribution is -2.01. The summed E-state index contributed by atoms with van der Waals surface area (Å²) in [5.41, 5.74) is 6.33. The molecule has 0 aliphatic carbocycles. The molecule has 0 fully saturated rings. The van der Waals surface area contributed by atoms with Crippen molar-refractivity contribution < 1.29 is 9.90 Å². The highest BCUT2D eigenvalue weighted by Crippen LogP contribution is 2.23. The molecule has 0 aliphatic rings. The molecule has 5 heteroatoms. The van der Waals surface area contributed by atoms with E-state index < -0.39 is 5.97 Å². The fourth-order valence-electron chi connectivity index (χ4n) is 0.734. The highest BCUT2D eigenvalue weighted by Gasteiger charge is 2.08. The molecule has 0 saturated heterocycles. The molecule has 0 unspecified atom stereocenters. The first kappa shape index (κ1) is 10.0. The summed E-state index contributed by atoms with van der Waals surface area (Å²) in [6, 6.07) is 3.06. The van der Waals surface area contributed by atoms with Crippen LogP contribution in [0.4, 0.5) is 5.69 Å². The number of rotatable bonds is 1. The van der Waals surface area contributed by atoms with Gasteiger partial charge < -0.3 is 10.8 Å². The van der Waals surface area contributed by atoms with Crippen LogP contribution >= 0.6 is 45.2 Å². The largest absolute Gasteiger partial charge is 0.478 e. The van der Waals surface area contributed by atoms with E-state index in [1.807, 2.05) is 0 Å². The van der Waals surface area contributed by atoms with Crippen molar-refractivity contribution >= 4 is 56.8 Å². The number of hydrogen-bond donors (Lipinski definition) is 2. The van der Waals surface area contributed by atoms with Crippen LogP contribution in [0.3, 0.4) is 0 Å². The molecular weight excluding hydrogens is 384 g/mol. The molecule has 0 atom stereocenters. The van der Waals surface area contributed by atoms with Crippen LogP contribution in [-0.2, 0) is 0 Å². The van der Waals surface area contributed by atoms with Crippen molar-refractivity contribution in [1.29, 1.82) is 0 Å². The number of halogens is 2. The number of nitrogens with two attached hydrogens (primary N) is 1. The average molecular weight is 389 g/mol. The van der Waals surface area contributed by atoms with Crippen molar-refractivity contribution in [3.8, 4) is 0 Å². The maximum Gasteiger partial charge on any atom is 0.335 e. The Morgan fingerprint density at radius 1 is 1.42 bits per heavy atom. The van der Waals surface area contributed by atoms with E-state index in [9.17, 15) is 4.79 Å². The molecule has 0 radical (unpaired) electrons. The van der Waals surface area contributed by atoms with Gasteiger partial charge in [-0.25, -0.2) is 4.79 Å². The van der Waals surface area contributed by atoms with Gasteiger partial charge in [-0.3, -0.25) is 0 Å². The Hall–Kier alpha value is -0.0500. The summed E-state index contributed by atoms with van der Waals surface area (Å²) < 4.78 is 1.77. The molecule has 0 spiro atoms. The fraction of sp³-hybridized carbons (Fsp3) is 0. The molecule has 1 rings (SSSR count). The molecule has 3 N–H and O–H groups in total. The SMILES string of the molecule is Nc1cc(C(=O)O)cc(I)c1I. The molecule has 0 bridgehead atoms. The van der Waals surface area contributed by atoms with Gasteiger partial charge >= 0.3 is 5.97 Å². The third kappa shape index (κ3) is 2.00. The van der Waals surface area contributed by atoms with E-state index in [0.717, 1.165) is 7.14 Å². The van der Waals surface area contributed by atoms with E-state index in [-0.39, 0.29) is 5.56 Å². The highest BCUT2D eigenvalue weighted by molar-refractivity contribution is 14.1. The first-order valence-electron chi connectivity index (χ1n) is 3.00. The molecular formula is C7H5I2NO2. The van der Waals surface area contributed by atoms with E-state index in [0.29, 0.717) is 5.69 Å². The molecule has 0 amide bonds. The lowest BCUT2D eigenvalue weighted by molar-refractivity contribution is 0.0697. The highest BCUT2D eigenvalue weighted by atomic mass is 127. The Morgan fingerprint density at radius 3 is 2.42 bits per heavy atom. The zero-order valence-corrected chi connectivity index (χ0v) is 10.2. The zero-order valence-electron chi connectivity index (χ0n) is 5.84. The summed E-state index contributed by atoms with van der Waals surface area (Å²) in [5, 5.41) is 8.66. The van der Waals surface area contributed by atoms with Crippen LogP contribution in [-0.4, -0.2) is 11.1 Å². The van der Waals surface area contributed by atoms with Gasteiger partial charge in [0.25, 0.3) is 0 Å². The second-order valence-corrected chi connectivity index (χ2v) is 4.41. The number of carboxylic acids is 1. The predicted molar refractivity (Wildman–Crippen MR) is 63.2 cm³/mol. The van der Waals surface area contributed by atoms with Crippen molar-refractivity contribution in [3.63, 3.8) is 0 Å². The normalized spacial score (nSPS) is 9.83. The second-order valence-electron chi connectivity index (χ2n) is 2.17. The maximum atomic E-state index is 10.6. The van der Waals surface area contributed by atoms with Gasteiger partial charge in [-0.1, -0.05) is 0 Å². The quantitative estimate of drug-likeness (QED) is 0.572. The van der Waals surface area contributed by atoms with E-state index in [2.05, 4.69) is 45.2 Å². The summed E-state index contributed by atoms with van der Waals surface area (Å²) in [4.78, 5) is 10.6. The Balaban J connectivity index is 3.31. The Bertz CT molecular complexity index is 315. The third-order valence-electron chi connectivity index (χ3n) is 1.30. The van der Waals surface area contributed by atoms with E-state index >= 15 is 0 Å². The van der Waals surface area contributed by atoms with Crippen LogP contribution in [0.1, 0.15) is 10.4 Å². The van der Waals surface area contributed by atoms with Gasteiger partial charge in [0.05, 0.1) is 5.56 Å². The van der Waals surface area contributed by atoms with Gasteiger partial charge in [0, 0.05) is 12.8 Å². The van der Waals surface area contributed by atoms with Crippen molar-refractivity contribution in [3.05, 3.63) is 24.8 Å². The first-order valence-corrected chi connectivity index (χ1v) is 5.16. The molecule has 0 heterocycles. The predicted octanol–water partition coefficient (Wildman–Crippen LogP) is 2.18. The van der Waals surface area contributed by atoms with Crippen LogP contribution in [0.25, 0.3) is 0 Å². The number of benzene rings is 1. The number of aromatic carboxylic acids is 1. The third-order valence-corrected chi connectivity index (χ3v) is 4.39. The van der Waals surface area contributed by atoms with Gasteiger partial charge in [0.1, 0.15) is 0 Å². The van der Waals surface area contributed by atoms with Crippen LogP contribution < -0.4 is 5.73 Å². The number of hydrogen-bond acceptors (Lipinski definition) is 2. The molecule has 12 heavy (non-hydrogen) atoms. The molecule has 64 valence electrons. The minimum absolute atomic E-state index is 0.234. The second kappa shape index (κ2) is 3.77. The molecule has 0 saturated carbocycles. The summed E-state index contributed by atoms with van der Waals surface area (Å²) in [6.07, 6.45) is 0. The summed E-state index contributed by atoms with van der Waals surface area (Å²) >= 11 is 4.14. The Morgan fingerprint density at radius 2 is 2.00 bits per heavy atom. The molecule has 0 aromatic heterocycles. The monoisotopic (exact) mass is 389 g/mol. The molecule has 1 aromatic rings. The zero-order chi connectivity index (χ0) is 9.30. The Labute approximate surface area is 96.6 Å². The van der Waals surface area contributed by atoms with Gasteiger partial charge in [-0.15, -0.1) is 0 Å². The first-order chi connectivity index (χ1) is 5.52. The molecule has 0 aliphatic heterocycles. The van der Waals surface area contributed by atoms with E-state index in [4.69, 9.17) is 10.8 Å². The summed E-state index contributed by atoms with van der Waals surface area (Å²) in [5.74, 6) is -0.948. The summed E-state index contributed by atoms with van der Waals surface area (Å²) in [6.45, 7) is 0. The Kier molecular flexibility index (Phi) is 3.16. The minimum atomic E-state index is -0.948. The topological polar surface area (TPSA) is 63.3 Å². The van der Waals surface area contributed by atoms with E-state index in [1.54, 1.807) is 6.07 Å². The summed E-state index contributed by atoms with van der Waals surface area (Å²) in [7, 11) is 0.